The second kappa shape index (κ2) is 58.9. The molecule has 0 aromatic carbocycles. The molecule has 0 bridgehead atoms. The van der Waals surface area contributed by atoms with Crippen molar-refractivity contribution in [1.82, 2.24) is 0 Å². The van der Waals surface area contributed by atoms with Gasteiger partial charge in [0, 0.05) is 86.2 Å². The monoisotopic (exact) mass is 1800 g/mol. The summed E-state index contributed by atoms with van der Waals surface area (Å²) in [6.07, 6.45) is 15.0. The predicted octanol–water partition coefficient (Wildman–Crippen LogP) is 16.8. The molecule has 8 atom stereocenters. The predicted molar refractivity (Wildman–Crippen MR) is 478 cm³/mol. The molecular weight excluding hydrogens is 1660 g/mol. The van der Waals surface area contributed by atoms with Crippen LogP contribution in [-0.4, -0.2) is 242 Å². The smallest absolute Gasteiger partial charge is 0.335 e. The fourth-order valence-corrected chi connectivity index (χ4v) is 15.2. The number of carbonyl (C=O) groups is 8. The van der Waals surface area contributed by atoms with E-state index < -0.39 is 101 Å². The highest BCUT2D eigenvalue weighted by atomic mass is 32.2. The van der Waals surface area contributed by atoms with Crippen LogP contribution in [0.5, 0.6) is 0 Å². The zero-order valence-electron chi connectivity index (χ0n) is 76.9. The van der Waals surface area contributed by atoms with Crippen LogP contribution in [0.4, 0.5) is 0 Å². The first-order chi connectivity index (χ1) is 57.0. The molecule has 32 heteroatoms. The number of thioether (sulfide) groups is 4. The summed E-state index contributed by atoms with van der Waals surface area (Å²) in [5.74, 6) is 0.776. The Hall–Kier alpha value is -5.40. The van der Waals surface area contributed by atoms with E-state index in [1.807, 2.05) is 111 Å². The van der Waals surface area contributed by atoms with Gasteiger partial charge in [-0.05, 0) is 251 Å². The van der Waals surface area contributed by atoms with Gasteiger partial charge >= 0.3 is 47.8 Å². The first-order valence-electron chi connectivity index (χ1n) is 41.8. The molecule has 0 aliphatic carbocycles. The SMILES string of the molecule is C=C(C)C(=O)OC1OCCCCOC1(C)C.C=C(C)C(=O)OC1OCCCCSC1(C)C.C=C(C)C(=O)OC1OCCCOC1(C)C.C=C(C)C(=O)OC1SCCCCOC1(C)C.C=CC(=O)OC1OCCCCOC1(C)C.C=CC(=O)OC1OCCCCSC1(C)C.C=CC(=O)OC1OCCCOC1(C)C.C=CC(=O)OC1SCCCCOC1(C)C. The third kappa shape index (κ3) is 47.4. The fraction of sp³-hybridized carbons (Fsp3) is 0.733. The molecule has 8 heterocycles. The normalized spacial score (nSPS) is 25.7. The van der Waals surface area contributed by atoms with Crippen molar-refractivity contribution in [1.29, 1.82) is 0 Å². The van der Waals surface area contributed by atoms with E-state index in [4.69, 9.17) is 94.7 Å². The summed E-state index contributed by atoms with van der Waals surface area (Å²) in [4.78, 5) is 90.2. The van der Waals surface area contributed by atoms with Crippen molar-refractivity contribution >= 4 is 94.8 Å². The minimum atomic E-state index is -0.669. The number of hydrogen-bond acceptors (Lipinski definition) is 32. The molecule has 0 aromatic heterocycles. The minimum absolute atomic E-state index is 0.195. The summed E-state index contributed by atoms with van der Waals surface area (Å²) in [6, 6.07) is 0. The first-order valence-corrected chi connectivity index (χ1v) is 45.9. The van der Waals surface area contributed by atoms with E-state index in [0.29, 0.717) is 88.4 Å². The van der Waals surface area contributed by atoms with E-state index in [1.54, 1.807) is 74.7 Å². The maximum atomic E-state index is 11.5. The molecule has 0 amide bonds. The molecule has 0 N–H and O–H groups in total. The molecule has 8 fully saturated rings. The Bertz CT molecular complexity index is 3020. The van der Waals surface area contributed by atoms with Gasteiger partial charge in [-0.2, -0.15) is 0 Å². The van der Waals surface area contributed by atoms with Gasteiger partial charge in [-0.3, -0.25) is 0 Å². The van der Waals surface area contributed by atoms with E-state index in [9.17, 15) is 38.4 Å². The first kappa shape index (κ1) is 115. The van der Waals surface area contributed by atoms with Crippen molar-refractivity contribution in [2.75, 3.05) is 102 Å². The van der Waals surface area contributed by atoms with Gasteiger partial charge in [0.2, 0.25) is 37.7 Å². The summed E-state index contributed by atoms with van der Waals surface area (Å²) < 4.78 is 108. The van der Waals surface area contributed by atoms with E-state index >= 15 is 0 Å². The zero-order valence-corrected chi connectivity index (χ0v) is 80.1. The number of carbonyl (C=O) groups excluding carboxylic acids is 8. The molecule has 8 unspecified atom stereocenters. The molecule has 8 saturated heterocycles. The average Bonchev–Trinajstić information content (AvgIpc) is 1.63. The summed E-state index contributed by atoms with van der Waals surface area (Å²) in [5.41, 5.74) is -2.24. The van der Waals surface area contributed by atoms with Crippen LogP contribution in [0.25, 0.3) is 0 Å². The fourth-order valence-electron chi connectivity index (χ4n) is 10.5. The Balaban J connectivity index is 0.000000697. The van der Waals surface area contributed by atoms with Gasteiger partial charge in [0.25, 0.3) is 0 Å². The second-order valence-corrected chi connectivity index (χ2v) is 39.3. The van der Waals surface area contributed by atoms with Gasteiger partial charge in [0.15, 0.2) is 10.9 Å². The van der Waals surface area contributed by atoms with Crippen LogP contribution in [0.1, 0.15) is 228 Å². The third-order valence-corrected chi connectivity index (χ3v) is 23.9. The molecule has 0 spiro atoms. The second-order valence-electron chi connectivity index (χ2n) is 33.5. The van der Waals surface area contributed by atoms with Crippen molar-refractivity contribution in [3.8, 4) is 0 Å². The minimum Gasteiger partial charge on any atom is -0.445 e. The zero-order chi connectivity index (χ0) is 92.6. The molecule has 0 aromatic rings. The Morgan fingerprint density at radius 2 is 0.467 bits per heavy atom. The highest BCUT2D eigenvalue weighted by molar-refractivity contribution is 8.01. The lowest BCUT2D eigenvalue weighted by molar-refractivity contribution is -0.243. The van der Waals surface area contributed by atoms with Gasteiger partial charge in [-0.25, -0.2) is 38.4 Å². The summed E-state index contributed by atoms with van der Waals surface area (Å²) in [7, 11) is 0. The number of ether oxygens (including phenoxy) is 20. The molecule has 8 aliphatic heterocycles. The molecule has 0 radical (unpaired) electrons. The molecule has 28 nitrogen and oxygen atoms in total. The molecule has 700 valence electrons. The van der Waals surface area contributed by atoms with Crippen molar-refractivity contribution in [2.45, 2.75) is 320 Å². The Kier molecular flexibility index (Phi) is 55.3. The average molecular weight is 1810 g/mol. The maximum Gasteiger partial charge on any atom is 0.335 e. The molecule has 8 aliphatic rings. The highest BCUT2D eigenvalue weighted by Crippen LogP contribution is 2.37. The Morgan fingerprint density at radius 3 is 0.779 bits per heavy atom. The molecular formula is C90H148O28S4. The van der Waals surface area contributed by atoms with E-state index in [-0.39, 0.29) is 38.3 Å². The van der Waals surface area contributed by atoms with Crippen molar-refractivity contribution in [3.63, 3.8) is 0 Å². The third-order valence-electron chi connectivity index (χ3n) is 18.1. The van der Waals surface area contributed by atoms with E-state index in [0.717, 1.165) is 138 Å². The van der Waals surface area contributed by atoms with Crippen molar-refractivity contribution in [3.05, 3.63) is 99.2 Å². The maximum absolute atomic E-state index is 11.5. The van der Waals surface area contributed by atoms with Gasteiger partial charge in [0.05, 0.1) is 49.1 Å². The summed E-state index contributed by atoms with van der Waals surface area (Å²) in [5, 5.41) is 0. The Morgan fingerprint density at radius 1 is 0.262 bits per heavy atom. The van der Waals surface area contributed by atoms with Crippen LogP contribution >= 0.6 is 47.0 Å². The van der Waals surface area contributed by atoms with Crippen LogP contribution in [0, 0.1) is 0 Å². The molecule has 8 rings (SSSR count). The lowest BCUT2D eigenvalue weighted by Crippen LogP contribution is -2.45. The standard InChI is InChI=1S/C12H20O4.2C12H20O3S.2C11H18O4.2C11H18O3S.C10H16O4/c1-9(2)10(13)16-11-12(3,4)15-8-6-5-7-14-11;1-9(2)10(13)15-11-12(3,4)14-7-5-6-8-16-11;1-9(2)10(13)15-11-12(3,4)16-8-6-5-7-14-11;1-8(2)9(12)15-10-11(3,4)14-7-5-6-13-10;1-4-9(12)15-10-11(2,3)14-8-6-5-7-13-10;1-4-9(12)14-10-11(2,3)13-7-5-6-8-15-10;1-4-9(12)14-10-11(2,3)15-8-6-5-7-13-10;1-4-8(11)14-9-10(2,3)13-7-5-6-12-9/h3*11H,1,5-8H2,2-4H3;10H,1,5-7H2,2-4H3;3*4,10H,1,5-8H2,2-3H3;4,9H,1,5-7H2,2-3H3. The van der Waals surface area contributed by atoms with Crippen molar-refractivity contribution < 1.29 is 133 Å². The van der Waals surface area contributed by atoms with E-state index in [2.05, 4.69) is 52.6 Å². The van der Waals surface area contributed by atoms with Crippen LogP contribution < -0.4 is 0 Å². The van der Waals surface area contributed by atoms with E-state index in [1.165, 1.54) is 12.2 Å². The molecule has 0 saturated carbocycles. The quantitative estimate of drug-likeness (QED) is 0.0787. The topological polar surface area (TPSA) is 321 Å². The van der Waals surface area contributed by atoms with Crippen molar-refractivity contribution in [2.24, 2.45) is 0 Å². The van der Waals surface area contributed by atoms with Gasteiger partial charge in [-0.15, -0.1) is 47.0 Å². The number of hydrogen-bond donors (Lipinski definition) is 0. The number of rotatable bonds is 16. The summed E-state index contributed by atoms with van der Waals surface area (Å²) in [6.45, 7) is 72.5. The largest absolute Gasteiger partial charge is 0.445 e. The van der Waals surface area contributed by atoms with Gasteiger partial charge in [0.1, 0.15) is 33.6 Å². The number of esters is 8. The lowest BCUT2D eigenvalue weighted by Gasteiger charge is -2.35. The van der Waals surface area contributed by atoms with Crippen LogP contribution in [0.2, 0.25) is 0 Å². The van der Waals surface area contributed by atoms with Crippen LogP contribution in [0.15, 0.2) is 99.2 Å². The molecule has 122 heavy (non-hydrogen) atoms. The summed E-state index contributed by atoms with van der Waals surface area (Å²) >= 11 is 6.84. The van der Waals surface area contributed by atoms with Gasteiger partial charge in [-0.1, -0.05) is 52.6 Å². The lowest BCUT2D eigenvalue weighted by atomic mass is 10.1. The Labute approximate surface area is 745 Å². The van der Waals surface area contributed by atoms with Crippen LogP contribution in [0.3, 0.4) is 0 Å². The highest BCUT2D eigenvalue weighted by Gasteiger charge is 2.43. The van der Waals surface area contributed by atoms with Gasteiger partial charge < -0.3 is 94.7 Å². The van der Waals surface area contributed by atoms with Crippen LogP contribution in [-0.2, 0) is 133 Å².